The van der Waals surface area contributed by atoms with Crippen molar-refractivity contribution in [3.63, 3.8) is 0 Å². The summed E-state index contributed by atoms with van der Waals surface area (Å²) in [5.74, 6) is -5.53. The van der Waals surface area contributed by atoms with E-state index in [1.807, 2.05) is 0 Å². The first kappa shape index (κ1) is 123. The molecule has 0 aromatic heterocycles. The Labute approximate surface area is 849 Å². The zero-order valence-electron chi connectivity index (χ0n) is 81.1. The molecule has 6 amide bonds. The molecule has 12 rings (SSSR count). The highest BCUT2D eigenvalue weighted by atomic mass is 16.8. The third kappa shape index (κ3) is 27.8. The molecule has 0 aromatic carbocycles. The van der Waals surface area contributed by atoms with Gasteiger partial charge in [0.1, 0.15) is 287 Å². The molecule has 0 aromatic rings. The maximum atomic E-state index is 13.4. The molecule has 12 aliphatic rings. The van der Waals surface area contributed by atoms with Crippen molar-refractivity contribution in [2.45, 2.75) is 417 Å². The highest BCUT2D eigenvalue weighted by molar-refractivity contribution is 5.75. The fraction of sp³-hybridized carbons (Fsp3) is 0.929. The molecule has 60 atom stereocenters. The predicted octanol–water partition coefficient (Wildman–Crippen LogP) is -25.3. The number of carbonyl (C=O) groups is 6. The molecular formula is C84H140N6O60. The van der Waals surface area contributed by atoms with Crippen LogP contribution in [0.2, 0.25) is 0 Å². The second kappa shape index (κ2) is 54.0. The Balaban J connectivity index is 0.845. The fourth-order valence-corrected chi connectivity index (χ4v) is 19.4. The first-order chi connectivity index (χ1) is 70.8. The Kier molecular flexibility index (Phi) is 44.4. The molecule has 0 saturated carbocycles. The van der Waals surface area contributed by atoms with Crippen LogP contribution < -0.4 is 31.9 Å². The van der Waals surface area contributed by atoms with Crippen LogP contribution in [0.15, 0.2) is 0 Å². The lowest BCUT2D eigenvalue weighted by Gasteiger charge is -2.51. The van der Waals surface area contributed by atoms with E-state index in [0.717, 1.165) is 41.5 Å². The van der Waals surface area contributed by atoms with Gasteiger partial charge in [0.15, 0.2) is 75.5 Å². The minimum absolute atomic E-state index is 0.769. The smallest absolute Gasteiger partial charge is 0.217 e. The summed E-state index contributed by atoms with van der Waals surface area (Å²) < 4.78 is 138. The number of ether oxygens (including phenoxy) is 23. The first-order valence-electron chi connectivity index (χ1n) is 48.0. The summed E-state index contributed by atoms with van der Waals surface area (Å²) in [6, 6.07) is -11.2. The molecule has 66 heteroatoms. The lowest BCUT2D eigenvalue weighted by molar-refractivity contribution is -0.399. The molecule has 0 bridgehead atoms. The van der Waals surface area contributed by atoms with Gasteiger partial charge in [-0.15, -0.1) is 0 Å². The molecule has 0 spiro atoms. The number of rotatable bonds is 39. The van der Waals surface area contributed by atoms with Crippen LogP contribution >= 0.6 is 0 Å². The number of nitrogens with one attached hydrogen (secondary N) is 6. The van der Waals surface area contributed by atoms with Gasteiger partial charge in [0, 0.05) is 41.5 Å². The van der Waals surface area contributed by atoms with E-state index in [1.165, 1.54) is 6.92 Å². The van der Waals surface area contributed by atoms with Crippen LogP contribution in [0.1, 0.15) is 48.5 Å². The molecule has 37 N–H and O–H groups in total. The summed E-state index contributed by atoms with van der Waals surface area (Å²) in [7, 11) is 0. The Morgan fingerprint density at radius 3 is 0.780 bits per heavy atom. The minimum Gasteiger partial charge on any atom is -0.394 e. The highest BCUT2D eigenvalue weighted by Gasteiger charge is 2.63. The number of aliphatic hydroxyl groups is 31. The average molecular weight is 2190 g/mol. The van der Waals surface area contributed by atoms with Gasteiger partial charge in [0.25, 0.3) is 0 Å². The van der Waals surface area contributed by atoms with Gasteiger partial charge in [0.2, 0.25) is 35.4 Å². The Hall–Kier alpha value is -5.34. The molecule has 866 valence electrons. The maximum absolute atomic E-state index is 13.4. The molecule has 12 fully saturated rings. The summed E-state index contributed by atoms with van der Waals surface area (Å²) in [6.07, 6.45) is -114. The van der Waals surface area contributed by atoms with E-state index in [2.05, 4.69) is 31.9 Å². The van der Waals surface area contributed by atoms with E-state index in [0.29, 0.717) is 0 Å². The molecular weight excluding hydrogens is 2050 g/mol. The molecule has 12 saturated heterocycles. The Bertz CT molecular complexity index is 4250. The van der Waals surface area contributed by atoms with Crippen molar-refractivity contribution < 1.29 is 296 Å². The first-order valence-corrected chi connectivity index (χ1v) is 48.0. The summed E-state index contributed by atoms with van der Waals surface area (Å²) in [5.41, 5.74) is 0. The standard InChI is InChI=1S/C84H140N6O60/c1-19-43(104)57(118)62(123)79(132-19)130-18-36-69(53(114)37(73(127)133-36)85-20(2)98)144-76-40(88-23(5)101)54(115)68(32(14-97)138-76)147-82-65(126)70(148-84-72(61(122)47(108)29(11-94)137-84)150-78-42(90-25(7)103)56(117)67(31(13-96)140-78)146-81-64(125)59(120)49(110)34(142-81)16-129-75-39(87-22(4)100)52(113)45(106)27(9-92)135-75)50(111)35(143-82)17-131-83-71(60(121)46(107)28(10-93)136-83)149-77-41(89-24(6)102)55(116)66(30(12-95)139-77)145-80-63(124)58(119)48(109)33(141-80)15-128-74-38(86-21(3)99)51(112)44(105)26(8-91)134-74/h19,26-84,91-97,104-127H,8-18H2,1-7H3,(H,85,98)(H,86,99)(H,87,100)(H,88,101)(H,89,102)(H,90,103)/t19-,26+,27+,28+,29+,30+,31+,32+,33+,34+,35+,36+,37+,38+,39+,40+,41+,42+,43+,44+,45+,46+,47+,48-,49-,50+,51+,52+,53+,54+,55+,56+,57+,58-,59-,60-,61-,62-,63+,64+,65-,66+,67+,68+,69+,70-,71-,72-,73?,74-,75-,76-,77-,78-,79+,80-,81-,82-,83-,84+/m0/s1. The second-order valence-electron chi connectivity index (χ2n) is 38.2. The summed E-state index contributed by atoms with van der Waals surface area (Å²) in [6.45, 7) is -5.14. The SMILES string of the molecule is CC(=O)N[C@H]1[C@H](O[C@H]2[C@H](O)[C@@H](NC(C)=O)C(O)O[C@@H]2CO[C@@H]2O[C@@H](C)[C@@H](O)[C@@H](O)[C@@H]2O)O[C@H](CO)[C@@H](O[C@@H]2O[C@H](CO[C@H]3O[C@H](CO)[C@@H](O)[C@H](O)[C@@H]3O[C@@H]3O[C@H](CO)[C@@H](O[C@@H]4O[C@H](CO[C@H]5O[C@H](CO)[C@@H](O)[C@H](O)[C@H]5NC(C)=O)[C@H](O)[C@H](O)[C@H]4O)[C@H](O)[C@H]3NC(C)=O)[C@@H](O)[C@H](O[C@H]3O[C@H](CO)[C@@H](O)[C@H](O)[C@@H]3O[C@@H]3O[C@H](CO)[C@@H](O[C@@H]4O[C@H](CO[C@H]5O[C@H](CO)[C@@H](O)[C@H](O)[C@H]5NC(C)=O)[C@H](O)[C@H](O)[C@H]4O)[C@H](O)[C@H]3NC(C)=O)[C@@H]2O)[C@@H]1O. The van der Waals surface area contributed by atoms with Crippen LogP contribution in [0.3, 0.4) is 0 Å². The third-order valence-corrected chi connectivity index (χ3v) is 27.4. The number of aliphatic hydroxyl groups excluding tert-OH is 31. The van der Waals surface area contributed by atoms with Crippen LogP contribution in [0.4, 0.5) is 0 Å². The predicted molar refractivity (Wildman–Crippen MR) is 463 cm³/mol. The molecule has 12 heterocycles. The Morgan fingerprint density at radius 1 is 0.187 bits per heavy atom. The number of carbonyl (C=O) groups excluding carboxylic acids is 6. The average Bonchev–Trinajstić information content (AvgIpc) is 0.747. The number of hydrogen-bond acceptors (Lipinski definition) is 60. The van der Waals surface area contributed by atoms with Gasteiger partial charge in [-0.1, -0.05) is 0 Å². The maximum Gasteiger partial charge on any atom is 0.217 e. The Morgan fingerprint density at radius 2 is 0.420 bits per heavy atom. The zero-order chi connectivity index (χ0) is 110. The molecule has 0 aliphatic carbocycles. The van der Waals surface area contributed by atoms with Crippen LogP contribution in [-0.2, 0) is 138 Å². The van der Waals surface area contributed by atoms with Gasteiger partial charge in [-0.3, -0.25) is 28.8 Å². The molecule has 1 unspecified atom stereocenters. The molecule has 12 aliphatic heterocycles. The lowest BCUT2D eigenvalue weighted by Crippen LogP contribution is -2.71. The summed E-state index contributed by atoms with van der Waals surface area (Å²) in [4.78, 5) is 77.0. The number of hydrogen-bond donors (Lipinski definition) is 37. The topological polar surface area (TPSA) is 1010 Å². The largest absolute Gasteiger partial charge is 0.394 e. The van der Waals surface area contributed by atoms with Gasteiger partial charge in [0.05, 0.1) is 78.8 Å². The zero-order valence-corrected chi connectivity index (χ0v) is 81.1. The highest BCUT2D eigenvalue weighted by Crippen LogP contribution is 2.42. The molecule has 150 heavy (non-hydrogen) atoms. The van der Waals surface area contributed by atoms with E-state index in [4.69, 9.17) is 109 Å². The monoisotopic (exact) mass is 2190 g/mol. The molecule has 0 radical (unpaired) electrons. The van der Waals surface area contributed by atoms with Gasteiger partial charge in [-0.05, 0) is 6.92 Å². The summed E-state index contributed by atoms with van der Waals surface area (Å²) in [5, 5.41) is 366. The lowest BCUT2D eigenvalue weighted by atomic mass is 9.93. The summed E-state index contributed by atoms with van der Waals surface area (Å²) >= 11 is 0. The van der Waals surface area contributed by atoms with Crippen LogP contribution in [0.5, 0.6) is 0 Å². The van der Waals surface area contributed by atoms with Crippen LogP contribution in [-0.4, -0.2) is 635 Å². The normalized spacial score (nSPS) is 48.8. The van der Waals surface area contributed by atoms with Crippen molar-refractivity contribution in [3.05, 3.63) is 0 Å². The fourth-order valence-electron chi connectivity index (χ4n) is 19.4. The van der Waals surface area contributed by atoms with Gasteiger partial charge < -0.3 is 299 Å². The van der Waals surface area contributed by atoms with Crippen molar-refractivity contribution in [2.24, 2.45) is 0 Å². The number of amides is 6. The second-order valence-corrected chi connectivity index (χ2v) is 38.2. The van der Waals surface area contributed by atoms with Crippen molar-refractivity contribution in [1.82, 2.24) is 31.9 Å². The van der Waals surface area contributed by atoms with Crippen LogP contribution in [0, 0.1) is 0 Å². The van der Waals surface area contributed by atoms with Gasteiger partial charge in [-0.2, -0.15) is 0 Å². The van der Waals surface area contributed by atoms with E-state index < -0.39 is 476 Å². The van der Waals surface area contributed by atoms with Gasteiger partial charge >= 0.3 is 0 Å². The minimum atomic E-state index is -2.71. The van der Waals surface area contributed by atoms with Crippen molar-refractivity contribution in [1.29, 1.82) is 0 Å². The van der Waals surface area contributed by atoms with Crippen molar-refractivity contribution in [3.8, 4) is 0 Å². The van der Waals surface area contributed by atoms with Gasteiger partial charge in [-0.25, -0.2) is 0 Å². The van der Waals surface area contributed by atoms with E-state index >= 15 is 0 Å². The van der Waals surface area contributed by atoms with Crippen LogP contribution in [0.25, 0.3) is 0 Å². The van der Waals surface area contributed by atoms with Crippen molar-refractivity contribution >= 4 is 35.4 Å². The molecule has 66 nitrogen and oxygen atoms in total. The van der Waals surface area contributed by atoms with E-state index in [-0.39, 0.29) is 0 Å². The third-order valence-electron chi connectivity index (χ3n) is 27.4. The van der Waals surface area contributed by atoms with Crippen molar-refractivity contribution in [2.75, 3.05) is 72.7 Å². The van der Waals surface area contributed by atoms with E-state index in [1.54, 1.807) is 0 Å². The van der Waals surface area contributed by atoms with E-state index in [9.17, 15) is 187 Å². The quantitative estimate of drug-likeness (QED) is 0.0272.